The molecule has 3 N–H and O–H groups in total. The van der Waals surface area contributed by atoms with Gasteiger partial charge in [-0.15, -0.1) is 10.2 Å². The maximum atomic E-state index is 12.2. The van der Waals surface area contributed by atoms with Gasteiger partial charge >= 0.3 is 12.0 Å². The zero-order valence-electron chi connectivity index (χ0n) is 25.2. The number of aliphatic hydroxyl groups is 1. The third kappa shape index (κ3) is 8.70. The molecule has 1 aliphatic rings. The molecule has 1 fully saturated rings. The molecule has 0 unspecified atom stereocenters. The van der Waals surface area contributed by atoms with Gasteiger partial charge < -0.3 is 34.5 Å². The maximum absolute atomic E-state index is 12.2. The topological polar surface area (TPSA) is 137 Å². The van der Waals surface area contributed by atoms with Crippen LogP contribution in [0, 0.1) is 0 Å². The Balaban J connectivity index is 1.28. The predicted octanol–water partition coefficient (Wildman–Crippen LogP) is 4.67. The average molecular weight is 632 g/mol. The first-order chi connectivity index (χ1) is 21.9. The lowest BCUT2D eigenvalue weighted by molar-refractivity contribution is -0.245. The molecule has 11 nitrogen and oxygen atoms in total. The second-order valence-electron chi connectivity index (χ2n) is 10.5. The number of benzene rings is 3. The number of aliphatic hydroxyl groups excluding tert-OH is 1. The van der Waals surface area contributed by atoms with Crippen LogP contribution in [0.15, 0.2) is 84.3 Å². The fraction of sp³-hybridized carbons (Fsp3) is 0.333. The smallest absolute Gasteiger partial charge is 0.325 e. The minimum atomic E-state index is -0.583. The molecule has 0 aliphatic carbocycles. The first-order valence-electron chi connectivity index (χ1n) is 14.8. The van der Waals surface area contributed by atoms with E-state index in [9.17, 15) is 14.7 Å². The van der Waals surface area contributed by atoms with Crippen LogP contribution in [0.4, 0.5) is 4.79 Å². The van der Waals surface area contributed by atoms with E-state index in [0.29, 0.717) is 12.2 Å². The Hall–Kier alpha value is -4.23. The number of ether oxygens (including phenoxy) is 3. The molecule has 45 heavy (non-hydrogen) atoms. The first-order valence-corrected chi connectivity index (χ1v) is 15.7. The molecule has 0 radical (unpaired) electrons. The summed E-state index contributed by atoms with van der Waals surface area (Å²) in [7, 11) is 1.91. The molecule has 3 atom stereocenters. The summed E-state index contributed by atoms with van der Waals surface area (Å²) in [5.41, 5.74) is 5.63. The van der Waals surface area contributed by atoms with Crippen molar-refractivity contribution in [2.24, 2.45) is 7.05 Å². The summed E-state index contributed by atoms with van der Waals surface area (Å²) in [5.74, 6) is 0.198. The van der Waals surface area contributed by atoms with Gasteiger partial charge in [-0.25, -0.2) is 4.79 Å². The van der Waals surface area contributed by atoms with E-state index in [1.165, 1.54) is 0 Å². The Labute approximate surface area is 266 Å². The van der Waals surface area contributed by atoms with E-state index in [4.69, 9.17) is 14.2 Å². The second kappa shape index (κ2) is 15.7. The van der Waals surface area contributed by atoms with Gasteiger partial charge in [-0.05, 0) is 34.7 Å². The van der Waals surface area contributed by atoms with Crippen LogP contribution in [0.5, 0.6) is 0 Å². The Morgan fingerprint density at radius 3 is 2.49 bits per heavy atom. The number of thioether (sulfide) groups is 1. The van der Waals surface area contributed by atoms with Crippen LogP contribution in [0.2, 0.25) is 0 Å². The molecular formula is C33H37N5O6S. The molecule has 1 saturated heterocycles. The largest absolute Gasteiger partial charge is 0.465 e. The van der Waals surface area contributed by atoms with Crippen molar-refractivity contribution in [1.82, 2.24) is 25.4 Å². The highest BCUT2D eigenvalue weighted by molar-refractivity contribution is 7.99. The number of aromatic nitrogens is 3. The molecule has 0 spiro atoms. The summed E-state index contributed by atoms with van der Waals surface area (Å²) in [4.78, 5) is 23.8. The molecule has 1 aromatic heterocycles. The maximum Gasteiger partial charge on any atom is 0.325 e. The van der Waals surface area contributed by atoms with E-state index in [-0.39, 0.29) is 38.5 Å². The summed E-state index contributed by atoms with van der Waals surface area (Å²) >= 11 is 1.59. The fourth-order valence-corrected chi connectivity index (χ4v) is 5.88. The number of nitrogens with zero attached hydrogens (tertiary/aromatic N) is 3. The van der Waals surface area contributed by atoms with Crippen molar-refractivity contribution in [3.8, 4) is 11.1 Å². The number of amides is 2. The van der Waals surface area contributed by atoms with Crippen LogP contribution in [0.3, 0.4) is 0 Å². The number of carbonyl (C=O) groups is 2. The van der Waals surface area contributed by atoms with Crippen LogP contribution in [-0.2, 0) is 39.2 Å². The van der Waals surface area contributed by atoms with Crippen molar-refractivity contribution in [3.05, 3.63) is 101 Å². The molecule has 2 amide bonds. The third-order valence-electron chi connectivity index (χ3n) is 7.33. The minimum Gasteiger partial charge on any atom is -0.465 e. The number of hydrogen-bond donors (Lipinski definition) is 3. The Bertz CT molecular complexity index is 1560. The Morgan fingerprint density at radius 2 is 1.78 bits per heavy atom. The van der Waals surface area contributed by atoms with E-state index in [2.05, 4.69) is 20.8 Å². The lowest BCUT2D eigenvalue weighted by atomic mass is 9.98. The third-order valence-corrected chi connectivity index (χ3v) is 8.50. The van der Waals surface area contributed by atoms with E-state index in [1.54, 1.807) is 25.0 Å². The van der Waals surface area contributed by atoms with Crippen molar-refractivity contribution < 1.29 is 28.9 Å². The van der Waals surface area contributed by atoms with Gasteiger partial charge in [0.2, 0.25) is 0 Å². The first kappa shape index (κ1) is 32.2. The average Bonchev–Trinajstić information content (AvgIpc) is 3.50. The van der Waals surface area contributed by atoms with Gasteiger partial charge in [0, 0.05) is 31.3 Å². The summed E-state index contributed by atoms with van der Waals surface area (Å²) in [5, 5.41) is 23.8. The number of nitrogens with one attached hydrogen (secondary N) is 2. The number of hydrogen-bond acceptors (Lipinski definition) is 9. The standard InChI is InChI=1S/C33H37N5O6S/c1-3-42-30(40)18-35-32(41)34-17-26-6-4-5-7-28(26)23-12-14-25(15-13-23)31-43-27(20-45-33-37-36-21-38(33)2)16-29(44-31)24-10-8-22(19-39)9-11-24/h4-15,21,27,29,31,39H,3,16-20H2,1-2H3,(H2,34,35,41)/t27-,29+,31+/m1/s1. The van der Waals surface area contributed by atoms with Crippen LogP contribution in [0.1, 0.15) is 48.0 Å². The van der Waals surface area contributed by atoms with Gasteiger partial charge in [0.25, 0.3) is 0 Å². The molecule has 4 aromatic rings. The number of urea groups is 1. The van der Waals surface area contributed by atoms with Gasteiger partial charge in [0.1, 0.15) is 12.9 Å². The molecule has 3 aromatic carbocycles. The lowest BCUT2D eigenvalue weighted by Crippen LogP contribution is -2.38. The zero-order chi connectivity index (χ0) is 31.6. The van der Waals surface area contributed by atoms with Crippen LogP contribution < -0.4 is 10.6 Å². The molecule has 0 bridgehead atoms. The van der Waals surface area contributed by atoms with Crippen molar-refractivity contribution >= 4 is 23.8 Å². The highest BCUT2D eigenvalue weighted by Crippen LogP contribution is 2.39. The molecule has 236 valence electrons. The fourth-order valence-electron chi connectivity index (χ4n) is 4.97. The van der Waals surface area contributed by atoms with Crippen molar-refractivity contribution in [1.29, 1.82) is 0 Å². The Kier molecular flexibility index (Phi) is 11.2. The van der Waals surface area contributed by atoms with E-state index < -0.39 is 18.3 Å². The highest BCUT2D eigenvalue weighted by atomic mass is 32.2. The zero-order valence-corrected chi connectivity index (χ0v) is 26.0. The number of carbonyl (C=O) groups excluding carboxylic acids is 2. The molecule has 12 heteroatoms. The van der Waals surface area contributed by atoms with Crippen LogP contribution in [-0.4, -0.2) is 56.9 Å². The molecular weight excluding hydrogens is 594 g/mol. The molecule has 5 rings (SSSR count). The molecule has 0 saturated carbocycles. The van der Waals surface area contributed by atoms with Crippen molar-refractivity contribution in [2.75, 3.05) is 18.9 Å². The van der Waals surface area contributed by atoms with Crippen LogP contribution >= 0.6 is 11.8 Å². The quantitative estimate of drug-likeness (QED) is 0.150. The van der Waals surface area contributed by atoms with E-state index in [0.717, 1.165) is 38.5 Å². The lowest BCUT2D eigenvalue weighted by Gasteiger charge is -2.36. The summed E-state index contributed by atoms with van der Waals surface area (Å²) < 4.78 is 19.7. The predicted molar refractivity (Wildman–Crippen MR) is 169 cm³/mol. The minimum absolute atomic E-state index is 0.0112. The SMILES string of the molecule is CCOC(=O)CNC(=O)NCc1ccccc1-c1ccc([C@H]2O[C@@H](CSc3nncn3C)C[C@@H](c3ccc(CO)cc3)O2)cc1. The summed E-state index contributed by atoms with van der Waals surface area (Å²) in [6.45, 7) is 2.05. The molecule has 2 heterocycles. The number of esters is 1. The number of rotatable bonds is 12. The normalized spacial score (nSPS) is 17.9. The van der Waals surface area contributed by atoms with E-state index >= 15 is 0 Å². The number of aryl methyl sites for hydroxylation is 1. The van der Waals surface area contributed by atoms with Crippen LogP contribution in [0.25, 0.3) is 11.1 Å². The van der Waals surface area contributed by atoms with E-state index in [1.807, 2.05) is 84.4 Å². The monoisotopic (exact) mass is 631 g/mol. The van der Waals surface area contributed by atoms with Crippen molar-refractivity contribution in [3.63, 3.8) is 0 Å². The second-order valence-corrected chi connectivity index (χ2v) is 11.5. The van der Waals surface area contributed by atoms with Gasteiger partial charge in [-0.1, -0.05) is 84.6 Å². The van der Waals surface area contributed by atoms with Gasteiger partial charge in [-0.2, -0.15) is 0 Å². The van der Waals surface area contributed by atoms with Crippen molar-refractivity contribution in [2.45, 2.75) is 50.2 Å². The van der Waals surface area contributed by atoms with Gasteiger partial charge in [0.05, 0.1) is 25.4 Å². The molecule has 1 aliphatic heterocycles. The van der Waals surface area contributed by atoms with Gasteiger partial charge in [-0.3, -0.25) is 4.79 Å². The summed E-state index contributed by atoms with van der Waals surface area (Å²) in [6.07, 6.45) is 1.47. The van der Waals surface area contributed by atoms with Gasteiger partial charge in [0.15, 0.2) is 11.4 Å². The Morgan fingerprint density at radius 1 is 1.02 bits per heavy atom. The highest BCUT2D eigenvalue weighted by Gasteiger charge is 2.32. The summed E-state index contributed by atoms with van der Waals surface area (Å²) in [6, 6.07) is 23.2.